The molecule has 0 unspecified atom stereocenters. The Hall–Kier alpha value is -2.17. The van der Waals surface area contributed by atoms with E-state index >= 15 is 0 Å². The Bertz CT molecular complexity index is 648. The fourth-order valence-electron chi connectivity index (χ4n) is 3.33. The van der Waals surface area contributed by atoms with Crippen molar-refractivity contribution < 1.29 is 4.79 Å². The third-order valence-electron chi connectivity index (χ3n) is 4.67. The number of likely N-dealkylation sites (tertiary alicyclic amines) is 1. The molecule has 3 N–H and O–H groups in total. The maximum absolute atomic E-state index is 11.1. The first-order chi connectivity index (χ1) is 11.7. The Morgan fingerprint density at radius 3 is 2.33 bits per heavy atom. The van der Waals surface area contributed by atoms with Crippen LogP contribution in [0.4, 0.5) is 0 Å². The molecule has 1 aliphatic heterocycles. The summed E-state index contributed by atoms with van der Waals surface area (Å²) >= 11 is 0. The van der Waals surface area contributed by atoms with Gasteiger partial charge in [-0.2, -0.15) is 0 Å². The number of nitrogens with zero attached hydrogens (tertiary/aromatic N) is 1. The molecule has 1 saturated heterocycles. The van der Waals surface area contributed by atoms with E-state index in [4.69, 9.17) is 5.73 Å². The predicted molar refractivity (Wildman–Crippen MR) is 96.7 cm³/mol. The number of primary amides is 1. The van der Waals surface area contributed by atoms with Gasteiger partial charge in [-0.3, -0.25) is 9.69 Å². The number of nitrogens with two attached hydrogens (primary N) is 1. The zero-order valence-corrected chi connectivity index (χ0v) is 13.9. The van der Waals surface area contributed by atoms with Gasteiger partial charge in [-0.15, -0.1) is 0 Å². The van der Waals surface area contributed by atoms with E-state index in [2.05, 4.69) is 40.5 Å². The van der Waals surface area contributed by atoms with Crippen LogP contribution in [0.5, 0.6) is 0 Å². The third kappa shape index (κ3) is 4.22. The Kier molecular flexibility index (Phi) is 5.62. The Balaban J connectivity index is 1.60. The summed E-state index contributed by atoms with van der Waals surface area (Å²) in [6, 6.07) is 18.6. The number of rotatable bonds is 7. The lowest BCUT2D eigenvalue weighted by atomic mass is 10.1. The molecule has 0 bridgehead atoms. The van der Waals surface area contributed by atoms with Gasteiger partial charge in [0, 0.05) is 24.7 Å². The van der Waals surface area contributed by atoms with Crippen molar-refractivity contribution in [3.05, 3.63) is 71.3 Å². The number of carbonyl (C=O) groups excluding carboxylic acids is 1. The van der Waals surface area contributed by atoms with Crippen LogP contribution in [0.15, 0.2) is 54.6 Å². The Morgan fingerprint density at radius 2 is 1.71 bits per heavy atom. The van der Waals surface area contributed by atoms with Gasteiger partial charge in [0.25, 0.3) is 0 Å². The second kappa shape index (κ2) is 8.08. The first kappa shape index (κ1) is 16.7. The van der Waals surface area contributed by atoms with Crippen molar-refractivity contribution >= 4 is 5.91 Å². The summed E-state index contributed by atoms with van der Waals surface area (Å²) in [6.07, 6.45) is 2.58. The predicted octanol–water partition coefficient (Wildman–Crippen LogP) is 2.71. The van der Waals surface area contributed by atoms with Crippen molar-refractivity contribution in [3.8, 4) is 0 Å². The lowest BCUT2D eigenvalue weighted by Gasteiger charge is -2.28. The second-order valence-electron chi connectivity index (χ2n) is 6.36. The molecule has 0 saturated carbocycles. The van der Waals surface area contributed by atoms with Crippen LogP contribution in [0.25, 0.3) is 0 Å². The minimum atomic E-state index is -0.382. The summed E-state index contributed by atoms with van der Waals surface area (Å²) in [5.41, 5.74) is 8.36. The van der Waals surface area contributed by atoms with Crippen LogP contribution in [0.2, 0.25) is 0 Å². The standard InChI is InChI=1S/C20H25N3O/c21-20(24)18-10-8-16(9-11-18)14-22-15-19(23-12-4-5-13-23)17-6-2-1-3-7-17/h1-3,6-11,19,22H,4-5,12-15H2,(H2,21,24)/t19-/m0/s1. The molecule has 4 nitrogen and oxygen atoms in total. The minimum Gasteiger partial charge on any atom is -0.366 e. The van der Waals surface area contributed by atoms with Gasteiger partial charge in [-0.1, -0.05) is 42.5 Å². The number of amides is 1. The molecule has 24 heavy (non-hydrogen) atoms. The Morgan fingerprint density at radius 1 is 1.04 bits per heavy atom. The molecule has 4 heteroatoms. The Labute approximate surface area is 143 Å². The molecular formula is C20H25N3O. The number of carbonyl (C=O) groups is 1. The summed E-state index contributed by atoms with van der Waals surface area (Å²) in [7, 11) is 0. The summed E-state index contributed by atoms with van der Waals surface area (Å²) < 4.78 is 0. The smallest absolute Gasteiger partial charge is 0.248 e. The maximum atomic E-state index is 11.1. The average molecular weight is 323 g/mol. The van der Waals surface area contributed by atoms with Crippen LogP contribution in [0, 0.1) is 0 Å². The van der Waals surface area contributed by atoms with Crippen LogP contribution in [0.3, 0.4) is 0 Å². The van der Waals surface area contributed by atoms with E-state index in [9.17, 15) is 4.79 Å². The van der Waals surface area contributed by atoms with Crippen LogP contribution in [-0.2, 0) is 6.54 Å². The highest BCUT2D eigenvalue weighted by Gasteiger charge is 2.22. The molecule has 1 atom stereocenters. The van der Waals surface area contributed by atoms with E-state index in [0.717, 1.165) is 18.7 Å². The monoisotopic (exact) mass is 323 g/mol. The molecule has 2 aromatic carbocycles. The molecule has 0 aliphatic carbocycles. The van der Waals surface area contributed by atoms with E-state index in [1.54, 1.807) is 12.1 Å². The van der Waals surface area contributed by atoms with Gasteiger partial charge in [-0.25, -0.2) is 0 Å². The first-order valence-corrected chi connectivity index (χ1v) is 8.62. The van der Waals surface area contributed by atoms with E-state index < -0.39 is 0 Å². The molecule has 1 heterocycles. The second-order valence-corrected chi connectivity index (χ2v) is 6.36. The lowest BCUT2D eigenvalue weighted by molar-refractivity contribution is 0.100. The van der Waals surface area contributed by atoms with Crippen LogP contribution in [-0.4, -0.2) is 30.4 Å². The van der Waals surface area contributed by atoms with Crippen molar-refractivity contribution in [2.24, 2.45) is 5.73 Å². The van der Waals surface area contributed by atoms with E-state index in [-0.39, 0.29) is 5.91 Å². The van der Waals surface area contributed by atoms with E-state index in [1.165, 1.54) is 31.5 Å². The normalized spacial score (nSPS) is 16.2. The summed E-state index contributed by atoms with van der Waals surface area (Å²) in [5, 5.41) is 3.57. The molecule has 1 fully saturated rings. The van der Waals surface area contributed by atoms with Crippen molar-refractivity contribution in [1.82, 2.24) is 10.2 Å². The van der Waals surface area contributed by atoms with Gasteiger partial charge in [0.1, 0.15) is 0 Å². The molecular weight excluding hydrogens is 298 g/mol. The van der Waals surface area contributed by atoms with Crippen molar-refractivity contribution in [1.29, 1.82) is 0 Å². The van der Waals surface area contributed by atoms with Gasteiger partial charge in [-0.05, 0) is 49.2 Å². The van der Waals surface area contributed by atoms with Crippen LogP contribution >= 0.6 is 0 Å². The minimum absolute atomic E-state index is 0.382. The van der Waals surface area contributed by atoms with Crippen LogP contribution in [0.1, 0.15) is 40.4 Å². The highest BCUT2D eigenvalue weighted by atomic mass is 16.1. The fourth-order valence-corrected chi connectivity index (χ4v) is 3.33. The molecule has 0 aromatic heterocycles. The molecule has 0 spiro atoms. The number of hydrogen-bond acceptors (Lipinski definition) is 3. The summed E-state index contributed by atoms with van der Waals surface area (Å²) in [5.74, 6) is -0.382. The summed E-state index contributed by atoms with van der Waals surface area (Å²) in [6.45, 7) is 4.06. The van der Waals surface area contributed by atoms with Gasteiger partial charge in [0.15, 0.2) is 0 Å². The number of benzene rings is 2. The van der Waals surface area contributed by atoms with Crippen molar-refractivity contribution in [2.45, 2.75) is 25.4 Å². The van der Waals surface area contributed by atoms with Gasteiger partial charge >= 0.3 is 0 Å². The molecule has 0 radical (unpaired) electrons. The molecule has 1 aliphatic rings. The van der Waals surface area contributed by atoms with Gasteiger partial charge < -0.3 is 11.1 Å². The maximum Gasteiger partial charge on any atom is 0.248 e. The van der Waals surface area contributed by atoms with E-state index in [0.29, 0.717) is 11.6 Å². The SMILES string of the molecule is NC(=O)c1ccc(CNC[C@@H](c2ccccc2)N2CCCC2)cc1. The molecule has 2 aromatic rings. The van der Waals surface area contributed by atoms with Crippen LogP contribution < -0.4 is 11.1 Å². The zero-order chi connectivity index (χ0) is 16.8. The third-order valence-corrected chi connectivity index (χ3v) is 4.67. The highest BCUT2D eigenvalue weighted by Crippen LogP contribution is 2.24. The first-order valence-electron chi connectivity index (χ1n) is 8.62. The van der Waals surface area contributed by atoms with E-state index in [1.807, 2.05) is 12.1 Å². The van der Waals surface area contributed by atoms with Gasteiger partial charge in [0.05, 0.1) is 0 Å². The molecule has 126 valence electrons. The topological polar surface area (TPSA) is 58.4 Å². The number of nitrogens with one attached hydrogen (secondary N) is 1. The lowest BCUT2D eigenvalue weighted by Crippen LogP contribution is -2.34. The molecule has 1 amide bonds. The highest BCUT2D eigenvalue weighted by molar-refractivity contribution is 5.92. The quantitative estimate of drug-likeness (QED) is 0.824. The van der Waals surface area contributed by atoms with Gasteiger partial charge in [0.2, 0.25) is 5.91 Å². The van der Waals surface area contributed by atoms with Crippen molar-refractivity contribution in [3.63, 3.8) is 0 Å². The zero-order valence-electron chi connectivity index (χ0n) is 13.9. The van der Waals surface area contributed by atoms with Crippen molar-refractivity contribution in [2.75, 3.05) is 19.6 Å². The number of hydrogen-bond donors (Lipinski definition) is 2. The largest absolute Gasteiger partial charge is 0.366 e. The summed E-state index contributed by atoms with van der Waals surface area (Å²) in [4.78, 5) is 13.7. The fraction of sp³-hybridized carbons (Fsp3) is 0.350. The average Bonchev–Trinajstić information content (AvgIpc) is 3.14. The molecule has 3 rings (SSSR count).